The first-order valence-electron chi connectivity index (χ1n) is 13.8. The molecule has 0 aliphatic carbocycles. The second kappa shape index (κ2) is 12.9. The van der Waals surface area contributed by atoms with Crippen LogP contribution in [0.15, 0.2) is 54.7 Å². The summed E-state index contributed by atoms with van der Waals surface area (Å²) in [4.78, 5) is 32.7. The average molecular weight is 540 g/mol. The molecule has 7 heteroatoms. The second-order valence-corrected chi connectivity index (χ2v) is 11.7. The van der Waals surface area contributed by atoms with Crippen LogP contribution in [-0.4, -0.2) is 46.9 Å². The highest BCUT2D eigenvalue weighted by Gasteiger charge is 2.19. The Labute approximate surface area is 238 Å². The zero-order chi connectivity index (χ0) is 29.6. The highest BCUT2D eigenvalue weighted by molar-refractivity contribution is 6.05. The molecule has 2 N–H and O–H groups in total. The van der Waals surface area contributed by atoms with Crippen LogP contribution in [0.2, 0.25) is 0 Å². The molecule has 210 valence electrons. The minimum atomic E-state index is -0.306. The highest BCUT2D eigenvalue weighted by Crippen LogP contribution is 2.27. The van der Waals surface area contributed by atoms with E-state index in [4.69, 9.17) is 0 Å². The quantitative estimate of drug-likeness (QED) is 0.331. The molecule has 0 radical (unpaired) electrons. The molecule has 0 aliphatic heterocycles. The Morgan fingerprint density at radius 3 is 2.17 bits per heavy atom. The molecule has 0 saturated carbocycles. The van der Waals surface area contributed by atoms with E-state index >= 15 is 0 Å². The van der Waals surface area contributed by atoms with Gasteiger partial charge in [-0.1, -0.05) is 32.9 Å². The van der Waals surface area contributed by atoms with Crippen LogP contribution >= 0.6 is 0 Å². The average Bonchev–Trinajstić information content (AvgIpc) is 2.90. The van der Waals surface area contributed by atoms with Crippen LogP contribution in [0.4, 0.5) is 5.69 Å². The molecule has 7 nitrogen and oxygen atoms in total. The molecule has 2 aromatic carbocycles. The van der Waals surface area contributed by atoms with Crippen molar-refractivity contribution in [1.82, 2.24) is 15.2 Å². The van der Waals surface area contributed by atoms with Gasteiger partial charge >= 0.3 is 0 Å². The van der Waals surface area contributed by atoms with Crippen LogP contribution < -0.4 is 10.6 Å². The van der Waals surface area contributed by atoms with Crippen LogP contribution in [0, 0.1) is 18.3 Å². The lowest BCUT2D eigenvalue weighted by molar-refractivity contribution is 0.0938. The summed E-state index contributed by atoms with van der Waals surface area (Å²) in [7, 11) is 0. The fraction of sp³-hybridized carbons (Fsp3) is 0.394. The SMILES string of the molecule is Cc1ncc(NC(=O)c2cc(C#N)cc(C(C)(C)C)c2)cc1-c1ccc(C(=O)NCCN(C(C)C)C(C)C)cc1. The second-order valence-electron chi connectivity index (χ2n) is 11.7. The first-order valence-corrected chi connectivity index (χ1v) is 13.8. The number of carbonyl (C=O) groups is 2. The number of hydrogen-bond acceptors (Lipinski definition) is 5. The number of aryl methyl sites for hydroxylation is 1. The molecule has 0 unspecified atom stereocenters. The number of carbonyl (C=O) groups excluding carboxylic acids is 2. The Morgan fingerprint density at radius 2 is 1.60 bits per heavy atom. The number of nitrogens with one attached hydrogen (secondary N) is 2. The van der Waals surface area contributed by atoms with E-state index in [2.05, 4.69) is 54.3 Å². The molecule has 3 aromatic rings. The third-order valence-electron chi connectivity index (χ3n) is 6.98. The lowest BCUT2D eigenvalue weighted by atomic mass is 9.85. The molecular formula is C33H41N5O2. The number of nitriles is 1. The van der Waals surface area contributed by atoms with Gasteiger partial charge in [-0.2, -0.15) is 5.26 Å². The van der Waals surface area contributed by atoms with E-state index in [-0.39, 0.29) is 17.2 Å². The molecule has 2 amide bonds. The minimum Gasteiger partial charge on any atom is -0.351 e. The fourth-order valence-electron chi connectivity index (χ4n) is 4.67. The van der Waals surface area contributed by atoms with Crippen molar-refractivity contribution < 1.29 is 9.59 Å². The summed E-state index contributed by atoms with van der Waals surface area (Å²) >= 11 is 0. The molecule has 0 fully saturated rings. The van der Waals surface area contributed by atoms with Crippen LogP contribution in [0.5, 0.6) is 0 Å². The monoisotopic (exact) mass is 539 g/mol. The zero-order valence-corrected chi connectivity index (χ0v) is 24.9. The Balaban J connectivity index is 1.74. The van der Waals surface area contributed by atoms with E-state index in [9.17, 15) is 14.9 Å². The number of pyridine rings is 1. The standard InChI is InChI=1S/C33H41N5O2/c1-21(2)38(22(3)4)14-13-35-31(39)26-11-9-25(10-12-26)30-18-29(20-36-23(30)5)37-32(40)27-15-24(19-34)16-28(17-27)33(6,7)8/h9-12,15-18,20-22H,13-14H2,1-8H3,(H,35,39)(H,37,40). The number of hydrogen-bond donors (Lipinski definition) is 2. The lowest BCUT2D eigenvalue weighted by Crippen LogP contribution is -2.42. The summed E-state index contributed by atoms with van der Waals surface area (Å²) in [5.41, 5.74) is 5.28. The van der Waals surface area contributed by atoms with Crippen molar-refractivity contribution in [2.24, 2.45) is 0 Å². The highest BCUT2D eigenvalue weighted by atomic mass is 16.2. The van der Waals surface area contributed by atoms with Crippen molar-refractivity contribution in [2.45, 2.75) is 72.9 Å². The molecule has 1 aromatic heterocycles. The van der Waals surface area contributed by atoms with Crippen LogP contribution in [0.1, 0.15) is 86.0 Å². The minimum absolute atomic E-state index is 0.107. The van der Waals surface area contributed by atoms with E-state index in [1.807, 2.05) is 58.0 Å². The summed E-state index contributed by atoms with van der Waals surface area (Å²) in [5.74, 6) is -0.413. The maximum atomic E-state index is 13.1. The van der Waals surface area contributed by atoms with E-state index in [1.165, 1.54) is 0 Å². The largest absolute Gasteiger partial charge is 0.351 e. The third kappa shape index (κ3) is 7.77. The summed E-state index contributed by atoms with van der Waals surface area (Å²) in [6.07, 6.45) is 1.62. The predicted molar refractivity (Wildman–Crippen MR) is 162 cm³/mol. The van der Waals surface area contributed by atoms with Crippen molar-refractivity contribution in [3.63, 3.8) is 0 Å². The molecule has 1 heterocycles. The molecule has 0 saturated heterocycles. The first-order chi connectivity index (χ1) is 18.8. The van der Waals surface area contributed by atoms with Gasteiger partial charge in [0.15, 0.2) is 0 Å². The number of benzene rings is 2. The molecular weight excluding hydrogens is 498 g/mol. The van der Waals surface area contributed by atoms with Gasteiger partial charge in [-0.25, -0.2) is 0 Å². The third-order valence-corrected chi connectivity index (χ3v) is 6.98. The topological polar surface area (TPSA) is 98.1 Å². The maximum absolute atomic E-state index is 13.1. The predicted octanol–water partition coefficient (Wildman–Crippen LogP) is 6.33. The van der Waals surface area contributed by atoms with Gasteiger partial charge in [-0.15, -0.1) is 0 Å². The number of aromatic nitrogens is 1. The molecule has 3 rings (SSSR count). The summed E-state index contributed by atoms with van der Waals surface area (Å²) in [6, 6.07) is 17.5. The molecule has 0 atom stereocenters. The fourth-order valence-corrected chi connectivity index (χ4v) is 4.67. The van der Waals surface area contributed by atoms with Crippen molar-refractivity contribution in [3.05, 3.63) is 82.7 Å². The Morgan fingerprint density at radius 1 is 0.950 bits per heavy atom. The van der Waals surface area contributed by atoms with E-state index < -0.39 is 0 Å². The maximum Gasteiger partial charge on any atom is 0.255 e. The Kier molecular flexibility index (Phi) is 9.83. The van der Waals surface area contributed by atoms with Crippen molar-refractivity contribution >= 4 is 17.5 Å². The van der Waals surface area contributed by atoms with Gasteiger partial charge in [-0.3, -0.25) is 19.5 Å². The molecule has 40 heavy (non-hydrogen) atoms. The first kappa shape index (κ1) is 30.5. The molecule has 0 aliphatic rings. The summed E-state index contributed by atoms with van der Waals surface area (Å²) in [5, 5.41) is 15.4. The van der Waals surface area contributed by atoms with Gasteiger partial charge in [0.2, 0.25) is 0 Å². The van der Waals surface area contributed by atoms with E-state index in [1.54, 1.807) is 24.4 Å². The van der Waals surface area contributed by atoms with Gasteiger partial charge in [0.1, 0.15) is 0 Å². The number of rotatable bonds is 9. The van der Waals surface area contributed by atoms with Gasteiger partial charge in [0, 0.05) is 47.6 Å². The Bertz CT molecular complexity index is 1390. The van der Waals surface area contributed by atoms with Gasteiger partial charge < -0.3 is 10.6 Å². The molecule has 0 spiro atoms. The normalized spacial score (nSPS) is 11.6. The van der Waals surface area contributed by atoms with Gasteiger partial charge in [-0.05, 0) is 87.6 Å². The smallest absolute Gasteiger partial charge is 0.255 e. The Hall–Kier alpha value is -4.02. The zero-order valence-electron chi connectivity index (χ0n) is 24.9. The lowest BCUT2D eigenvalue weighted by Gasteiger charge is -2.30. The summed E-state index contributed by atoms with van der Waals surface area (Å²) < 4.78 is 0. The van der Waals surface area contributed by atoms with Crippen molar-refractivity contribution in [1.29, 1.82) is 5.26 Å². The number of amides is 2. The van der Waals surface area contributed by atoms with Crippen LogP contribution in [0.25, 0.3) is 11.1 Å². The van der Waals surface area contributed by atoms with Crippen molar-refractivity contribution in [2.75, 3.05) is 18.4 Å². The molecule has 0 bridgehead atoms. The van der Waals surface area contributed by atoms with Crippen molar-refractivity contribution in [3.8, 4) is 17.2 Å². The van der Waals surface area contributed by atoms with E-state index in [0.29, 0.717) is 41.0 Å². The van der Waals surface area contributed by atoms with Gasteiger partial charge in [0.25, 0.3) is 11.8 Å². The number of nitrogens with zero attached hydrogens (tertiary/aromatic N) is 3. The summed E-state index contributed by atoms with van der Waals surface area (Å²) in [6.45, 7) is 18.1. The van der Waals surface area contributed by atoms with Crippen LogP contribution in [-0.2, 0) is 5.41 Å². The van der Waals surface area contributed by atoms with Gasteiger partial charge in [0.05, 0.1) is 23.5 Å². The number of anilines is 1. The van der Waals surface area contributed by atoms with Crippen LogP contribution in [0.3, 0.4) is 0 Å². The van der Waals surface area contributed by atoms with E-state index in [0.717, 1.165) is 28.9 Å².